The van der Waals surface area contributed by atoms with Gasteiger partial charge in [-0.1, -0.05) is 79.8 Å². The Balaban J connectivity index is 1.87. The Morgan fingerprint density at radius 1 is 0.900 bits per heavy atom. The summed E-state index contributed by atoms with van der Waals surface area (Å²) >= 11 is 6.00. The quantitative estimate of drug-likeness (QED) is 0.229. The first kappa shape index (κ1) is 20.1. The molecule has 2 nitrogen and oxygen atoms in total. The number of rotatable bonds is 7. The Labute approximate surface area is 183 Å². The van der Waals surface area contributed by atoms with Crippen molar-refractivity contribution >= 4 is 23.0 Å². The molecule has 0 radical (unpaired) electrons. The van der Waals surface area contributed by atoms with E-state index in [0.717, 1.165) is 52.1 Å². The predicted molar refractivity (Wildman–Crippen MR) is 130 cm³/mol. The van der Waals surface area contributed by atoms with E-state index in [1.54, 1.807) is 0 Å². The Morgan fingerprint density at radius 3 is 2.40 bits per heavy atom. The van der Waals surface area contributed by atoms with Gasteiger partial charge in [-0.05, 0) is 40.5 Å². The molecule has 0 aliphatic rings. The van der Waals surface area contributed by atoms with Gasteiger partial charge in [0.15, 0.2) is 0 Å². The van der Waals surface area contributed by atoms with Crippen LogP contribution >= 0.6 is 12.2 Å². The standard InChI is InChI=1S/C27H25NOS/c1-3-16-28-18-25(21-12-14-22(15-13-21)29-17-4-2)27(30)26(19-28)24-11-7-9-20-8-5-6-10-23(20)24/h3,5-15,18-19H,1,4,16-17H2,2H3. The molecule has 4 rings (SSSR count). The zero-order chi connectivity index (χ0) is 20.9. The molecule has 0 saturated heterocycles. The van der Waals surface area contributed by atoms with Crippen LogP contribution in [-0.2, 0) is 6.54 Å². The smallest absolute Gasteiger partial charge is 0.119 e. The summed E-state index contributed by atoms with van der Waals surface area (Å²) < 4.78 is 8.74. The van der Waals surface area contributed by atoms with E-state index in [-0.39, 0.29) is 0 Å². The molecule has 0 amide bonds. The maximum Gasteiger partial charge on any atom is 0.119 e. The van der Waals surface area contributed by atoms with E-state index in [9.17, 15) is 0 Å². The molecule has 1 aromatic heterocycles. The van der Waals surface area contributed by atoms with E-state index in [4.69, 9.17) is 17.0 Å². The van der Waals surface area contributed by atoms with E-state index < -0.39 is 0 Å². The van der Waals surface area contributed by atoms with Crippen molar-refractivity contribution < 1.29 is 4.74 Å². The fourth-order valence-corrected chi connectivity index (χ4v) is 4.03. The fraction of sp³-hybridized carbons (Fsp3) is 0.148. The molecule has 0 aliphatic heterocycles. The minimum absolute atomic E-state index is 0.720. The second kappa shape index (κ2) is 9.10. The monoisotopic (exact) mass is 411 g/mol. The first-order valence-electron chi connectivity index (χ1n) is 10.3. The van der Waals surface area contributed by atoms with E-state index in [1.165, 1.54) is 10.8 Å². The molecule has 0 fully saturated rings. The first-order chi connectivity index (χ1) is 14.7. The average molecular weight is 412 g/mol. The number of pyridine rings is 1. The summed E-state index contributed by atoms with van der Waals surface area (Å²) in [5.41, 5.74) is 4.34. The Hall–Kier alpha value is -3.17. The van der Waals surface area contributed by atoms with Gasteiger partial charge >= 0.3 is 0 Å². The van der Waals surface area contributed by atoms with Crippen molar-refractivity contribution in [2.45, 2.75) is 19.9 Å². The van der Waals surface area contributed by atoms with Gasteiger partial charge in [-0.3, -0.25) is 0 Å². The number of aromatic nitrogens is 1. The number of ether oxygens (including phenoxy) is 1. The molecule has 0 atom stereocenters. The highest BCUT2D eigenvalue weighted by molar-refractivity contribution is 7.71. The largest absolute Gasteiger partial charge is 0.494 e. The minimum Gasteiger partial charge on any atom is -0.494 e. The second-order valence-electron chi connectivity index (χ2n) is 7.30. The summed E-state index contributed by atoms with van der Waals surface area (Å²) in [7, 11) is 0. The molecule has 0 N–H and O–H groups in total. The van der Waals surface area contributed by atoms with Crippen molar-refractivity contribution in [3.63, 3.8) is 0 Å². The van der Waals surface area contributed by atoms with Crippen LogP contribution in [0.25, 0.3) is 33.0 Å². The van der Waals surface area contributed by atoms with Gasteiger partial charge in [-0.2, -0.15) is 0 Å². The van der Waals surface area contributed by atoms with Gasteiger partial charge in [-0.15, -0.1) is 6.58 Å². The number of nitrogens with zero attached hydrogens (tertiary/aromatic N) is 1. The van der Waals surface area contributed by atoms with Crippen LogP contribution in [0.1, 0.15) is 13.3 Å². The van der Waals surface area contributed by atoms with Gasteiger partial charge in [0.05, 0.1) is 11.1 Å². The summed E-state index contributed by atoms with van der Waals surface area (Å²) in [4.78, 5) is 0. The van der Waals surface area contributed by atoms with Crippen molar-refractivity contribution in [3.05, 3.63) is 96.3 Å². The van der Waals surface area contributed by atoms with Gasteiger partial charge in [0.1, 0.15) is 5.75 Å². The molecule has 3 aromatic carbocycles. The summed E-state index contributed by atoms with van der Waals surface area (Å²) in [6.45, 7) is 7.46. The number of fused-ring (bicyclic) bond motifs is 1. The predicted octanol–water partition coefficient (Wildman–Crippen LogP) is 7.68. The lowest BCUT2D eigenvalue weighted by Crippen LogP contribution is -2.00. The summed E-state index contributed by atoms with van der Waals surface area (Å²) in [6.07, 6.45) is 7.14. The van der Waals surface area contributed by atoms with Crippen LogP contribution in [0.4, 0.5) is 0 Å². The molecular formula is C27H25NOS. The maximum atomic E-state index is 6.00. The van der Waals surface area contributed by atoms with Crippen molar-refractivity contribution in [2.24, 2.45) is 0 Å². The van der Waals surface area contributed by atoms with Gasteiger partial charge in [0.2, 0.25) is 0 Å². The fourth-order valence-electron chi connectivity index (χ4n) is 3.69. The average Bonchev–Trinajstić information content (AvgIpc) is 2.79. The zero-order valence-electron chi connectivity index (χ0n) is 17.2. The lowest BCUT2D eigenvalue weighted by Gasteiger charge is -2.15. The topological polar surface area (TPSA) is 14.2 Å². The highest BCUT2D eigenvalue weighted by Crippen LogP contribution is 2.34. The molecule has 0 bridgehead atoms. The molecule has 0 aliphatic carbocycles. The molecule has 0 spiro atoms. The van der Waals surface area contributed by atoms with Crippen LogP contribution in [0.2, 0.25) is 0 Å². The van der Waals surface area contributed by atoms with Crippen LogP contribution in [0, 0.1) is 4.51 Å². The number of hydrogen-bond donors (Lipinski definition) is 0. The lowest BCUT2D eigenvalue weighted by atomic mass is 9.97. The molecule has 0 saturated carbocycles. The summed E-state index contributed by atoms with van der Waals surface area (Å²) in [5.74, 6) is 0.885. The lowest BCUT2D eigenvalue weighted by molar-refractivity contribution is 0.317. The molecule has 0 unspecified atom stereocenters. The van der Waals surface area contributed by atoms with Crippen LogP contribution < -0.4 is 4.74 Å². The van der Waals surface area contributed by atoms with Gasteiger partial charge in [0.25, 0.3) is 0 Å². The highest BCUT2D eigenvalue weighted by atomic mass is 32.1. The van der Waals surface area contributed by atoms with E-state index in [1.807, 2.05) is 18.2 Å². The normalized spacial score (nSPS) is 10.8. The van der Waals surface area contributed by atoms with Crippen LogP contribution in [0.5, 0.6) is 5.75 Å². The summed E-state index contributed by atoms with van der Waals surface area (Å²) in [6, 6.07) is 23.0. The van der Waals surface area contributed by atoms with Gasteiger partial charge in [0, 0.05) is 30.1 Å². The Morgan fingerprint density at radius 2 is 1.63 bits per heavy atom. The molecule has 1 heterocycles. The molecular weight excluding hydrogens is 386 g/mol. The van der Waals surface area contributed by atoms with Crippen LogP contribution in [0.15, 0.2) is 91.8 Å². The Bertz CT molecular complexity index is 1230. The van der Waals surface area contributed by atoms with E-state index in [0.29, 0.717) is 0 Å². The number of allylic oxidation sites excluding steroid dienone is 1. The maximum absolute atomic E-state index is 6.00. The van der Waals surface area contributed by atoms with Crippen LogP contribution in [-0.4, -0.2) is 11.2 Å². The summed E-state index contributed by atoms with van der Waals surface area (Å²) in [5, 5.41) is 2.42. The third kappa shape index (κ3) is 4.07. The van der Waals surface area contributed by atoms with E-state index in [2.05, 4.69) is 85.1 Å². The van der Waals surface area contributed by atoms with Crippen molar-refractivity contribution in [1.29, 1.82) is 0 Å². The van der Waals surface area contributed by atoms with Gasteiger partial charge in [-0.25, -0.2) is 0 Å². The molecule has 4 aromatic rings. The van der Waals surface area contributed by atoms with Crippen LogP contribution in [0.3, 0.4) is 0 Å². The third-order valence-electron chi connectivity index (χ3n) is 5.14. The Kier molecular flexibility index (Phi) is 6.10. The van der Waals surface area contributed by atoms with Crippen molar-refractivity contribution in [2.75, 3.05) is 6.61 Å². The molecule has 3 heteroatoms. The minimum atomic E-state index is 0.720. The van der Waals surface area contributed by atoms with Crippen molar-refractivity contribution in [3.8, 4) is 28.0 Å². The first-order valence-corrected chi connectivity index (χ1v) is 10.7. The highest BCUT2D eigenvalue weighted by Gasteiger charge is 2.11. The molecule has 30 heavy (non-hydrogen) atoms. The zero-order valence-corrected chi connectivity index (χ0v) is 18.0. The van der Waals surface area contributed by atoms with Gasteiger partial charge < -0.3 is 9.30 Å². The second-order valence-corrected chi connectivity index (χ2v) is 7.71. The van der Waals surface area contributed by atoms with E-state index >= 15 is 0 Å². The number of hydrogen-bond acceptors (Lipinski definition) is 2. The third-order valence-corrected chi connectivity index (χ3v) is 5.58. The molecule has 150 valence electrons. The van der Waals surface area contributed by atoms with Crippen molar-refractivity contribution in [1.82, 2.24) is 4.57 Å². The number of benzene rings is 3. The SMILES string of the molecule is C=CCn1cc(-c2ccc(OCCC)cc2)c(=S)c(-c2cccc3ccccc23)c1.